The molecule has 1 aliphatic heterocycles. The number of likely N-dealkylation sites (tertiary alicyclic amines) is 1. The fourth-order valence-electron chi connectivity index (χ4n) is 4.13. The molecule has 1 atom stereocenters. The summed E-state index contributed by atoms with van der Waals surface area (Å²) in [5, 5.41) is 3.30. The summed E-state index contributed by atoms with van der Waals surface area (Å²) in [5.74, 6) is -0.183. The van der Waals surface area contributed by atoms with Gasteiger partial charge in [-0.05, 0) is 43.2 Å². The lowest BCUT2D eigenvalue weighted by Gasteiger charge is -2.18. The third kappa shape index (κ3) is 6.10. The van der Waals surface area contributed by atoms with Crippen LogP contribution in [0.4, 0.5) is 27.8 Å². The number of carbonyl (C=O) groups excluding carboxylic acids is 1. The summed E-state index contributed by atoms with van der Waals surface area (Å²) in [7, 11) is 1.52. The Morgan fingerprint density at radius 2 is 1.89 bits per heavy atom. The minimum absolute atomic E-state index is 0.0328. The Labute approximate surface area is 203 Å². The van der Waals surface area contributed by atoms with Gasteiger partial charge in [0.05, 0.1) is 12.1 Å². The molecule has 0 saturated carbocycles. The topological polar surface area (TPSA) is 72.3 Å². The highest BCUT2D eigenvalue weighted by Crippen LogP contribution is 2.27. The Bertz CT molecular complexity index is 1230. The minimum Gasteiger partial charge on any atom is -0.406 e. The second kappa shape index (κ2) is 10.1. The highest BCUT2D eigenvalue weighted by atomic mass is 19.4. The van der Waals surface area contributed by atoms with E-state index < -0.39 is 12.8 Å². The highest BCUT2D eigenvalue weighted by Gasteiger charge is 2.31. The second-order valence-corrected chi connectivity index (χ2v) is 8.56. The van der Waals surface area contributed by atoms with Gasteiger partial charge in [0, 0.05) is 43.6 Å². The van der Waals surface area contributed by atoms with Crippen LogP contribution in [-0.4, -0.2) is 50.8 Å². The van der Waals surface area contributed by atoms with Crippen molar-refractivity contribution in [2.45, 2.75) is 38.6 Å². The summed E-state index contributed by atoms with van der Waals surface area (Å²) < 4.78 is 68.1. The number of pyridine rings is 1. The maximum absolute atomic E-state index is 13.1. The van der Waals surface area contributed by atoms with Crippen LogP contribution in [0.3, 0.4) is 0 Å². The molecule has 2 aromatic heterocycles. The van der Waals surface area contributed by atoms with Gasteiger partial charge in [0.25, 0.3) is 6.43 Å². The van der Waals surface area contributed by atoms with Crippen molar-refractivity contribution in [3.05, 3.63) is 59.7 Å². The van der Waals surface area contributed by atoms with Gasteiger partial charge < -0.3 is 19.5 Å². The van der Waals surface area contributed by atoms with Crippen molar-refractivity contribution in [1.82, 2.24) is 19.4 Å². The maximum Gasteiger partial charge on any atom is 0.573 e. The van der Waals surface area contributed by atoms with Gasteiger partial charge in [-0.15, -0.1) is 13.2 Å². The first kappa shape index (κ1) is 25.4. The Morgan fingerprint density at radius 3 is 2.50 bits per heavy atom. The lowest BCUT2D eigenvalue weighted by atomic mass is 10.1. The number of halogens is 5. The van der Waals surface area contributed by atoms with Crippen LogP contribution in [0.25, 0.3) is 11.3 Å². The van der Waals surface area contributed by atoms with Crippen molar-refractivity contribution in [2.24, 2.45) is 7.05 Å². The SMILES string of the molecule is Cc1nc(N[C@H]2CCN(C(=O)Cc3ccc(OC(F)(F)F)cc3)C2)ccc1-c1cn(C)c(C(F)F)n1. The smallest absolute Gasteiger partial charge is 0.406 e. The predicted molar refractivity (Wildman–Crippen MR) is 122 cm³/mol. The van der Waals surface area contributed by atoms with Crippen LogP contribution in [0.15, 0.2) is 42.6 Å². The zero-order chi connectivity index (χ0) is 26.0. The molecule has 7 nitrogen and oxygen atoms in total. The van der Waals surface area contributed by atoms with Gasteiger partial charge in [0.2, 0.25) is 5.91 Å². The number of nitrogens with zero attached hydrogens (tertiary/aromatic N) is 4. The highest BCUT2D eigenvalue weighted by molar-refractivity contribution is 5.79. The van der Waals surface area contributed by atoms with E-state index in [0.717, 1.165) is 0 Å². The van der Waals surface area contributed by atoms with Crippen molar-refractivity contribution in [3.63, 3.8) is 0 Å². The monoisotopic (exact) mass is 509 g/mol. The molecule has 0 spiro atoms. The number of alkyl halides is 5. The lowest BCUT2D eigenvalue weighted by molar-refractivity contribution is -0.274. The van der Waals surface area contributed by atoms with E-state index in [2.05, 4.69) is 20.0 Å². The van der Waals surface area contributed by atoms with Crippen molar-refractivity contribution < 1.29 is 31.5 Å². The molecule has 0 aliphatic carbocycles. The molecule has 0 unspecified atom stereocenters. The second-order valence-electron chi connectivity index (χ2n) is 8.56. The number of hydrogen-bond acceptors (Lipinski definition) is 5. The van der Waals surface area contributed by atoms with Crippen molar-refractivity contribution >= 4 is 11.7 Å². The van der Waals surface area contributed by atoms with Gasteiger partial charge in [0.1, 0.15) is 11.6 Å². The molecule has 1 amide bonds. The first-order valence-electron chi connectivity index (χ1n) is 11.2. The number of imidazole rings is 1. The minimum atomic E-state index is -4.76. The van der Waals surface area contributed by atoms with Crippen LogP contribution in [0.5, 0.6) is 5.75 Å². The molecule has 1 saturated heterocycles. The van der Waals surface area contributed by atoms with Crippen LogP contribution in [0.2, 0.25) is 0 Å². The van der Waals surface area contributed by atoms with Crippen LogP contribution in [-0.2, 0) is 18.3 Å². The van der Waals surface area contributed by atoms with Crippen molar-refractivity contribution in [1.29, 1.82) is 0 Å². The predicted octanol–water partition coefficient (Wildman–Crippen LogP) is 4.88. The standard InChI is InChI=1S/C24H24F5N5O2/c1-14-18(19-13-33(2)23(32-19)22(25)26)7-8-20(30-14)31-16-9-10-34(12-16)21(35)11-15-3-5-17(6-4-15)36-24(27,28)29/h3-8,13,16,22H,9-12H2,1-2H3,(H,30,31)/t16-/m0/s1. The zero-order valence-electron chi connectivity index (χ0n) is 19.5. The molecule has 192 valence electrons. The van der Waals surface area contributed by atoms with E-state index in [1.54, 1.807) is 24.0 Å². The summed E-state index contributed by atoms with van der Waals surface area (Å²) in [6.45, 7) is 2.76. The number of carbonyl (C=O) groups is 1. The molecule has 1 aromatic carbocycles. The molecule has 1 N–H and O–H groups in total. The number of hydrogen-bond donors (Lipinski definition) is 1. The van der Waals surface area contributed by atoms with Gasteiger partial charge in [-0.3, -0.25) is 4.79 Å². The first-order chi connectivity index (χ1) is 17.0. The number of aryl methyl sites for hydroxylation is 2. The molecule has 1 aliphatic rings. The molecular formula is C24H24F5N5O2. The molecule has 12 heteroatoms. The molecular weight excluding hydrogens is 485 g/mol. The van der Waals surface area contributed by atoms with Gasteiger partial charge in [-0.1, -0.05) is 12.1 Å². The summed E-state index contributed by atoms with van der Waals surface area (Å²) in [6.07, 6.45) is -5.14. The summed E-state index contributed by atoms with van der Waals surface area (Å²) in [4.78, 5) is 22.9. The third-order valence-corrected chi connectivity index (χ3v) is 5.87. The summed E-state index contributed by atoms with van der Waals surface area (Å²) >= 11 is 0. The Morgan fingerprint density at radius 1 is 1.17 bits per heavy atom. The van der Waals surface area contributed by atoms with Gasteiger partial charge in [-0.2, -0.15) is 0 Å². The van der Waals surface area contributed by atoms with Gasteiger partial charge >= 0.3 is 6.36 Å². The Kier molecular flexibility index (Phi) is 7.14. The van der Waals surface area contributed by atoms with Crippen LogP contribution < -0.4 is 10.1 Å². The summed E-state index contributed by atoms with van der Waals surface area (Å²) in [6, 6.07) is 8.72. The van der Waals surface area contributed by atoms with E-state index in [1.807, 2.05) is 0 Å². The molecule has 0 bridgehead atoms. The van der Waals surface area contributed by atoms with Crippen molar-refractivity contribution in [3.8, 4) is 17.0 Å². The van der Waals surface area contributed by atoms with Crippen LogP contribution >= 0.6 is 0 Å². The molecule has 4 rings (SSSR count). The number of nitrogens with one attached hydrogen (secondary N) is 1. The quantitative estimate of drug-likeness (QED) is 0.460. The average Bonchev–Trinajstić information content (AvgIpc) is 3.41. The van der Waals surface area contributed by atoms with Crippen LogP contribution in [0.1, 0.15) is 29.9 Å². The fourth-order valence-corrected chi connectivity index (χ4v) is 4.13. The Hall–Kier alpha value is -3.70. The average molecular weight is 509 g/mol. The van der Waals surface area contributed by atoms with Gasteiger partial charge in [0.15, 0.2) is 5.82 Å². The Balaban J connectivity index is 1.33. The number of ether oxygens (including phenoxy) is 1. The molecule has 36 heavy (non-hydrogen) atoms. The van der Waals surface area contributed by atoms with Crippen molar-refractivity contribution in [2.75, 3.05) is 18.4 Å². The number of amides is 1. The largest absolute Gasteiger partial charge is 0.573 e. The zero-order valence-corrected chi connectivity index (χ0v) is 19.5. The van der Waals surface area contributed by atoms with Gasteiger partial charge in [-0.25, -0.2) is 18.7 Å². The van der Waals surface area contributed by atoms with E-state index in [1.165, 1.54) is 42.1 Å². The summed E-state index contributed by atoms with van der Waals surface area (Å²) in [5.41, 5.74) is 2.28. The molecule has 0 radical (unpaired) electrons. The molecule has 3 aromatic rings. The van der Waals surface area contributed by atoms with E-state index in [-0.39, 0.29) is 29.9 Å². The molecule has 3 heterocycles. The molecule has 1 fully saturated rings. The van der Waals surface area contributed by atoms with Crippen LogP contribution in [0, 0.1) is 6.92 Å². The van der Waals surface area contributed by atoms with E-state index >= 15 is 0 Å². The maximum atomic E-state index is 13.1. The number of rotatable bonds is 7. The third-order valence-electron chi connectivity index (χ3n) is 5.87. The lowest BCUT2D eigenvalue weighted by Crippen LogP contribution is -2.32. The first-order valence-corrected chi connectivity index (χ1v) is 11.2. The number of aromatic nitrogens is 3. The fraction of sp³-hybridized carbons (Fsp3) is 0.375. The van der Waals surface area contributed by atoms with E-state index in [4.69, 9.17) is 0 Å². The number of anilines is 1. The van der Waals surface area contributed by atoms with E-state index in [0.29, 0.717) is 47.8 Å². The normalized spacial score (nSPS) is 16.0. The number of benzene rings is 1. The van der Waals surface area contributed by atoms with E-state index in [9.17, 15) is 26.7 Å².